The summed E-state index contributed by atoms with van der Waals surface area (Å²) in [5.74, 6) is -3.92. The molecule has 0 unspecified atom stereocenters. The van der Waals surface area contributed by atoms with Crippen LogP contribution >= 0.6 is 0 Å². The monoisotopic (exact) mass is 358 g/mol. The number of nitrogens with one attached hydrogen (secondary N) is 2. The van der Waals surface area contributed by atoms with Crippen molar-refractivity contribution in [1.29, 1.82) is 0 Å². The molecule has 2 rings (SSSR count). The van der Waals surface area contributed by atoms with Gasteiger partial charge in [0.1, 0.15) is 18.2 Å². The Hall–Kier alpha value is -2.97. The van der Waals surface area contributed by atoms with Crippen LogP contribution in [-0.2, 0) is 0 Å². The molecule has 132 valence electrons. The Balaban J connectivity index is 2.20. The van der Waals surface area contributed by atoms with Gasteiger partial charge in [0.05, 0.1) is 11.3 Å². The lowest BCUT2D eigenvalue weighted by atomic mass is 10.1. The summed E-state index contributed by atoms with van der Waals surface area (Å²) < 4.78 is 62.9. The van der Waals surface area contributed by atoms with Crippen LogP contribution in [0, 0.1) is 11.6 Å². The van der Waals surface area contributed by atoms with Crippen LogP contribution in [0.15, 0.2) is 42.5 Å². The van der Waals surface area contributed by atoms with Crippen LogP contribution in [0.2, 0.25) is 0 Å². The molecular weight excluding hydrogens is 347 g/mol. The van der Waals surface area contributed by atoms with Crippen molar-refractivity contribution in [2.75, 3.05) is 11.9 Å². The van der Waals surface area contributed by atoms with Crippen molar-refractivity contribution >= 4 is 17.5 Å². The van der Waals surface area contributed by atoms with E-state index >= 15 is 0 Å². The van der Waals surface area contributed by atoms with Gasteiger partial charge in [0.2, 0.25) is 0 Å². The zero-order valence-electron chi connectivity index (χ0n) is 12.5. The number of amides is 2. The predicted molar refractivity (Wildman–Crippen MR) is 79.1 cm³/mol. The summed E-state index contributed by atoms with van der Waals surface area (Å²) in [6, 6.07) is 7.44. The fourth-order valence-electron chi connectivity index (χ4n) is 1.95. The van der Waals surface area contributed by atoms with Crippen LogP contribution in [0.1, 0.15) is 20.7 Å². The third-order valence-corrected chi connectivity index (χ3v) is 2.99. The molecule has 0 aliphatic heterocycles. The molecule has 25 heavy (non-hydrogen) atoms. The number of carbonyl (C=O) groups is 2. The maximum Gasteiger partial charge on any atom is 0.405 e. The number of rotatable bonds is 4. The van der Waals surface area contributed by atoms with Crippen molar-refractivity contribution in [3.63, 3.8) is 0 Å². The molecule has 0 aromatic heterocycles. The van der Waals surface area contributed by atoms with Crippen molar-refractivity contribution in [3.05, 3.63) is 65.2 Å². The molecule has 2 N–H and O–H groups in total. The molecule has 0 aliphatic rings. The molecule has 2 amide bonds. The predicted octanol–water partition coefficient (Wildman–Crippen LogP) is 3.51. The van der Waals surface area contributed by atoms with Crippen molar-refractivity contribution in [1.82, 2.24) is 5.32 Å². The average Bonchev–Trinajstić information content (AvgIpc) is 2.51. The Bertz CT molecular complexity index is 785. The topological polar surface area (TPSA) is 58.2 Å². The van der Waals surface area contributed by atoms with Crippen LogP contribution in [0.25, 0.3) is 0 Å². The minimum absolute atomic E-state index is 0.100. The average molecular weight is 358 g/mol. The van der Waals surface area contributed by atoms with Crippen molar-refractivity contribution in [3.8, 4) is 0 Å². The molecule has 2 aromatic rings. The van der Waals surface area contributed by atoms with E-state index in [4.69, 9.17) is 0 Å². The third kappa shape index (κ3) is 5.27. The highest BCUT2D eigenvalue weighted by atomic mass is 19.4. The molecule has 0 heterocycles. The van der Waals surface area contributed by atoms with Gasteiger partial charge in [0, 0.05) is 11.6 Å². The number of anilines is 1. The smallest absolute Gasteiger partial charge is 0.343 e. The first-order valence-electron chi connectivity index (χ1n) is 6.87. The van der Waals surface area contributed by atoms with Crippen LogP contribution in [0.4, 0.5) is 27.6 Å². The summed E-state index contributed by atoms with van der Waals surface area (Å²) in [5, 5.41) is 3.92. The molecule has 0 atom stereocenters. The Labute approximate surface area is 138 Å². The molecule has 0 spiro atoms. The molecule has 9 heteroatoms. The van der Waals surface area contributed by atoms with E-state index < -0.39 is 36.2 Å². The molecule has 0 saturated heterocycles. The van der Waals surface area contributed by atoms with Crippen LogP contribution < -0.4 is 10.6 Å². The lowest BCUT2D eigenvalue weighted by Crippen LogP contribution is -2.34. The van der Waals surface area contributed by atoms with Gasteiger partial charge in [-0.2, -0.15) is 13.2 Å². The highest BCUT2D eigenvalue weighted by Crippen LogP contribution is 2.18. The standard InChI is InChI=1S/C16H11F5N2O2/c17-10-5-9(6-11(18)7-10)14(24)23-13-4-2-1-3-12(13)15(25)22-8-16(19,20)21/h1-7H,8H2,(H,22,25)(H,23,24). The van der Waals surface area contributed by atoms with Gasteiger partial charge in [-0.05, 0) is 24.3 Å². The number of carbonyl (C=O) groups excluding carboxylic acids is 2. The van der Waals surface area contributed by atoms with Gasteiger partial charge < -0.3 is 10.6 Å². The number of hydrogen-bond donors (Lipinski definition) is 2. The maximum absolute atomic E-state index is 13.2. The SMILES string of the molecule is O=C(Nc1ccccc1C(=O)NCC(F)(F)F)c1cc(F)cc(F)c1. The summed E-state index contributed by atoms with van der Waals surface area (Å²) in [4.78, 5) is 23.9. The first-order valence-corrected chi connectivity index (χ1v) is 6.87. The van der Waals surface area contributed by atoms with Crippen LogP contribution in [-0.4, -0.2) is 24.5 Å². The highest BCUT2D eigenvalue weighted by molar-refractivity contribution is 6.09. The summed E-state index contributed by atoms with van der Waals surface area (Å²) in [5.41, 5.74) is -0.670. The van der Waals surface area contributed by atoms with Gasteiger partial charge in [-0.1, -0.05) is 12.1 Å². The quantitative estimate of drug-likeness (QED) is 0.822. The number of hydrogen-bond acceptors (Lipinski definition) is 2. The van der Waals surface area contributed by atoms with E-state index in [1.54, 1.807) is 5.32 Å². The van der Waals surface area contributed by atoms with Crippen LogP contribution in [0.3, 0.4) is 0 Å². The Morgan fingerprint density at radius 3 is 2.12 bits per heavy atom. The second kappa shape index (κ2) is 7.29. The molecule has 0 saturated carbocycles. The molecule has 0 fully saturated rings. The van der Waals surface area contributed by atoms with Crippen molar-refractivity contribution < 1.29 is 31.5 Å². The molecule has 2 aromatic carbocycles. The number of para-hydroxylation sites is 1. The number of alkyl halides is 3. The van der Waals surface area contributed by atoms with Gasteiger partial charge >= 0.3 is 6.18 Å². The molecule has 0 aliphatic carbocycles. The van der Waals surface area contributed by atoms with Crippen molar-refractivity contribution in [2.45, 2.75) is 6.18 Å². The normalized spacial score (nSPS) is 11.1. The minimum Gasteiger partial charge on any atom is -0.343 e. The van der Waals surface area contributed by atoms with Gasteiger partial charge in [-0.15, -0.1) is 0 Å². The zero-order chi connectivity index (χ0) is 18.6. The molecule has 0 bridgehead atoms. The minimum atomic E-state index is -4.59. The fourth-order valence-corrected chi connectivity index (χ4v) is 1.95. The van der Waals surface area contributed by atoms with E-state index in [1.165, 1.54) is 24.3 Å². The second-order valence-corrected chi connectivity index (χ2v) is 4.96. The van der Waals surface area contributed by atoms with Gasteiger partial charge in [0.15, 0.2) is 0 Å². The summed E-state index contributed by atoms with van der Waals surface area (Å²) in [6.07, 6.45) is -4.59. The molecule has 4 nitrogen and oxygen atoms in total. The Kier molecular flexibility index (Phi) is 5.35. The fraction of sp³-hybridized carbons (Fsp3) is 0.125. The highest BCUT2D eigenvalue weighted by Gasteiger charge is 2.28. The summed E-state index contributed by atoms with van der Waals surface area (Å²) in [7, 11) is 0. The lowest BCUT2D eigenvalue weighted by Gasteiger charge is -2.12. The van der Waals surface area contributed by atoms with Gasteiger partial charge in [0.25, 0.3) is 11.8 Å². The molecule has 0 radical (unpaired) electrons. The van der Waals surface area contributed by atoms with Crippen molar-refractivity contribution in [2.24, 2.45) is 0 Å². The van der Waals surface area contributed by atoms with E-state index in [2.05, 4.69) is 5.32 Å². The van der Waals surface area contributed by atoms with Gasteiger partial charge in [-0.3, -0.25) is 9.59 Å². The first kappa shape index (κ1) is 18.4. The number of benzene rings is 2. The van der Waals surface area contributed by atoms with E-state index in [0.29, 0.717) is 6.07 Å². The number of halogens is 5. The maximum atomic E-state index is 13.2. The first-order chi connectivity index (χ1) is 11.7. The third-order valence-electron chi connectivity index (χ3n) is 2.99. The van der Waals surface area contributed by atoms with E-state index in [-0.39, 0.29) is 16.8 Å². The summed E-state index contributed by atoms with van der Waals surface area (Å²) >= 11 is 0. The Morgan fingerprint density at radius 2 is 1.52 bits per heavy atom. The van der Waals surface area contributed by atoms with E-state index in [1.807, 2.05) is 0 Å². The Morgan fingerprint density at radius 1 is 0.920 bits per heavy atom. The second-order valence-electron chi connectivity index (χ2n) is 4.96. The zero-order valence-corrected chi connectivity index (χ0v) is 12.5. The van der Waals surface area contributed by atoms with E-state index in [9.17, 15) is 31.5 Å². The van der Waals surface area contributed by atoms with Gasteiger partial charge in [-0.25, -0.2) is 8.78 Å². The largest absolute Gasteiger partial charge is 0.405 e. The van der Waals surface area contributed by atoms with Crippen LogP contribution in [0.5, 0.6) is 0 Å². The molecular formula is C16H11F5N2O2. The lowest BCUT2D eigenvalue weighted by molar-refractivity contribution is -0.123. The van der Waals surface area contributed by atoms with E-state index in [0.717, 1.165) is 12.1 Å². The summed E-state index contributed by atoms with van der Waals surface area (Å²) in [6.45, 7) is -1.54.